The van der Waals surface area contributed by atoms with Gasteiger partial charge >= 0.3 is 0 Å². The lowest BCUT2D eigenvalue weighted by Gasteiger charge is -1.87. The minimum atomic E-state index is 0.157. The molecular formula is C5H8S. The largest absolute Gasteiger partial charge is 0.168 e. The van der Waals surface area contributed by atoms with E-state index in [1.54, 1.807) is 12.2 Å². The highest BCUT2D eigenvalue weighted by Crippen LogP contribution is 1.93. The summed E-state index contributed by atoms with van der Waals surface area (Å²) in [6.07, 6.45) is 3.44. The van der Waals surface area contributed by atoms with Crippen LogP contribution in [0.1, 0.15) is 0 Å². The van der Waals surface area contributed by atoms with Crippen molar-refractivity contribution in [1.82, 2.24) is 0 Å². The van der Waals surface area contributed by atoms with Gasteiger partial charge in [0.25, 0.3) is 0 Å². The first-order chi connectivity index (χ1) is 2.81. The van der Waals surface area contributed by atoms with Crippen molar-refractivity contribution in [2.75, 3.05) is 0 Å². The Morgan fingerprint density at radius 3 is 1.67 bits per heavy atom. The molecule has 0 amide bonds. The van der Waals surface area contributed by atoms with Crippen molar-refractivity contribution in [2.24, 2.45) is 0 Å². The Labute approximate surface area is 44.0 Å². The summed E-state index contributed by atoms with van der Waals surface area (Å²) in [6, 6.07) is 0. The molecule has 0 saturated carbocycles. The van der Waals surface area contributed by atoms with Crippen LogP contribution in [0.2, 0.25) is 0 Å². The SMILES string of the molecule is C=CC(S)C=C. The second kappa shape index (κ2) is 3.04. The molecular weight excluding hydrogens is 92.1 g/mol. The van der Waals surface area contributed by atoms with E-state index in [0.29, 0.717) is 0 Å². The van der Waals surface area contributed by atoms with Gasteiger partial charge in [0.05, 0.1) is 0 Å². The van der Waals surface area contributed by atoms with E-state index < -0.39 is 0 Å². The zero-order valence-corrected chi connectivity index (χ0v) is 4.49. The summed E-state index contributed by atoms with van der Waals surface area (Å²) in [5, 5.41) is 0.157. The average molecular weight is 100 g/mol. The molecule has 0 aliphatic rings. The lowest BCUT2D eigenvalue weighted by Crippen LogP contribution is -1.79. The Morgan fingerprint density at radius 2 is 1.67 bits per heavy atom. The van der Waals surface area contributed by atoms with Crippen LogP contribution in [0.5, 0.6) is 0 Å². The fourth-order valence-electron chi connectivity index (χ4n) is 0.0962. The highest BCUT2D eigenvalue weighted by molar-refractivity contribution is 7.81. The predicted octanol–water partition coefficient (Wildman–Crippen LogP) is 1.66. The quantitative estimate of drug-likeness (QED) is 0.396. The van der Waals surface area contributed by atoms with Gasteiger partial charge in [0.2, 0.25) is 0 Å². The molecule has 0 aromatic rings. The second-order valence-electron chi connectivity index (χ2n) is 0.962. The van der Waals surface area contributed by atoms with Gasteiger partial charge in [-0.25, -0.2) is 0 Å². The molecule has 0 heterocycles. The maximum Gasteiger partial charge on any atom is 0.0372 e. The van der Waals surface area contributed by atoms with Crippen molar-refractivity contribution in [2.45, 2.75) is 5.25 Å². The second-order valence-corrected chi connectivity index (χ2v) is 1.56. The standard InChI is InChI=1S/C5H8S/c1-3-5(6)4-2/h3-6H,1-2H2. The molecule has 0 bridgehead atoms. The van der Waals surface area contributed by atoms with Gasteiger partial charge in [-0.15, -0.1) is 13.2 Å². The first-order valence-corrected chi connectivity index (χ1v) is 2.26. The minimum absolute atomic E-state index is 0.157. The predicted molar refractivity (Wildman–Crippen MR) is 33.2 cm³/mol. The summed E-state index contributed by atoms with van der Waals surface area (Å²) in [6.45, 7) is 6.97. The molecule has 1 heteroatoms. The molecule has 0 saturated heterocycles. The van der Waals surface area contributed by atoms with Crippen LogP contribution < -0.4 is 0 Å². The van der Waals surface area contributed by atoms with Crippen LogP contribution in [0, 0.1) is 0 Å². The van der Waals surface area contributed by atoms with Crippen LogP contribution in [-0.4, -0.2) is 5.25 Å². The zero-order chi connectivity index (χ0) is 4.99. The molecule has 34 valence electrons. The van der Waals surface area contributed by atoms with Gasteiger partial charge in [-0.05, 0) is 0 Å². The number of hydrogen-bond acceptors (Lipinski definition) is 1. The molecule has 0 nitrogen and oxygen atoms in total. The molecule has 6 heavy (non-hydrogen) atoms. The van der Waals surface area contributed by atoms with Crippen molar-refractivity contribution in [3.8, 4) is 0 Å². The Balaban J connectivity index is 3.21. The zero-order valence-electron chi connectivity index (χ0n) is 3.59. The Morgan fingerprint density at radius 1 is 1.33 bits per heavy atom. The molecule has 0 aliphatic carbocycles. The molecule has 0 atom stereocenters. The maximum absolute atomic E-state index is 3.99. The van der Waals surface area contributed by atoms with E-state index in [1.165, 1.54) is 0 Å². The van der Waals surface area contributed by atoms with E-state index in [1.807, 2.05) is 0 Å². The van der Waals surface area contributed by atoms with Crippen LogP contribution in [0.3, 0.4) is 0 Å². The van der Waals surface area contributed by atoms with Crippen LogP contribution >= 0.6 is 12.6 Å². The molecule has 0 aromatic carbocycles. The fourth-order valence-corrected chi connectivity index (χ4v) is 0.0962. The van der Waals surface area contributed by atoms with Crippen molar-refractivity contribution in [3.63, 3.8) is 0 Å². The summed E-state index contributed by atoms with van der Waals surface area (Å²) in [4.78, 5) is 0. The summed E-state index contributed by atoms with van der Waals surface area (Å²) in [7, 11) is 0. The smallest absolute Gasteiger partial charge is 0.0372 e. The summed E-state index contributed by atoms with van der Waals surface area (Å²) in [5.74, 6) is 0. The van der Waals surface area contributed by atoms with E-state index in [0.717, 1.165) is 0 Å². The average Bonchev–Trinajstić information content (AvgIpc) is 1.65. The Kier molecular flexibility index (Phi) is 2.95. The van der Waals surface area contributed by atoms with Gasteiger partial charge in [0.1, 0.15) is 0 Å². The van der Waals surface area contributed by atoms with Crippen molar-refractivity contribution in [1.29, 1.82) is 0 Å². The highest BCUT2D eigenvalue weighted by atomic mass is 32.1. The Bertz CT molecular complexity index is 49.0. The first kappa shape index (κ1) is 5.83. The third kappa shape index (κ3) is 2.09. The fraction of sp³-hybridized carbons (Fsp3) is 0.200. The van der Waals surface area contributed by atoms with Crippen LogP contribution in [0.4, 0.5) is 0 Å². The molecule has 0 N–H and O–H groups in total. The number of rotatable bonds is 2. The van der Waals surface area contributed by atoms with E-state index in [-0.39, 0.29) is 5.25 Å². The Hall–Kier alpha value is -0.170. The minimum Gasteiger partial charge on any atom is -0.168 e. The third-order valence-corrected chi connectivity index (χ3v) is 0.905. The van der Waals surface area contributed by atoms with Crippen LogP contribution in [0.15, 0.2) is 25.3 Å². The summed E-state index contributed by atoms with van der Waals surface area (Å²) >= 11 is 3.99. The molecule has 0 radical (unpaired) electrons. The van der Waals surface area contributed by atoms with Gasteiger partial charge in [-0.3, -0.25) is 0 Å². The molecule has 0 aromatic heterocycles. The molecule has 0 fully saturated rings. The topological polar surface area (TPSA) is 0 Å². The lowest BCUT2D eigenvalue weighted by molar-refractivity contribution is 1.46. The maximum atomic E-state index is 3.99. The van der Waals surface area contributed by atoms with Crippen molar-refractivity contribution < 1.29 is 0 Å². The third-order valence-electron chi connectivity index (χ3n) is 0.483. The van der Waals surface area contributed by atoms with E-state index >= 15 is 0 Å². The van der Waals surface area contributed by atoms with Gasteiger partial charge in [0.15, 0.2) is 0 Å². The van der Waals surface area contributed by atoms with Gasteiger partial charge in [0, 0.05) is 5.25 Å². The molecule has 0 unspecified atom stereocenters. The molecule has 0 rings (SSSR count). The van der Waals surface area contributed by atoms with E-state index in [9.17, 15) is 0 Å². The number of thiol groups is 1. The van der Waals surface area contributed by atoms with Gasteiger partial charge in [-0.2, -0.15) is 12.6 Å². The molecule has 0 aliphatic heterocycles. The van der Waals surface area contributed by atoms with Crippen LogP contribution in [-0.2, 0) is 0 Å². The summed E-state index contributed by atoms with van der Waals surface area (Å²) < 4.78 is 0. The molecule has 0 spiro atoms. The number of hydrogen-bond donors (Lipinski definition) is 1. The lowest BCUT2D eigenvalue weighted by atomic mass is 10.4. The van der Waals surface area contributed by atoms with E-state index in [4.69, 9.17) is 0 Å². The van der Waals surface area contributed by atoms with Crippen molar-refractivity contribution >= 4 is 12.6 Å². The normalized spacial score (nSPS) is 8.33. The van der Waals surface area contributed by atoms with Crippen LogP contribution in [0.25, 0.3) is 0 Å². The van der Waals surface area contributed by atoms with Crippen molar-refractivity contribution in [3.05, 3.63) is 25.3 Å². The highest BCUT2D eigenvalue weighted by Gasteiger charge is 1.80. The van der Waals surface area contributed by atoms with Gasteiger partial charge in [-0.1, -0.05) is 12.2 Å². The first-order valence-electron chi connectivity index (χ1n) is 1.74. The van der Waals surface area contributed by atoms with E-state index in [2.05, 4.69) is 25.8 Å². The monoisotopic (exact) mass is 100 g/mol. The van der Waals surface area contributed by atoms with Gasteiger partial charge < -0.3 is 0 Å². The summed E-state index contributed by atoms with van der Waals surface area (Å²) in [5.41, 5.74) is 0.